The van der Waals surface area contributed by atoms with E-state index in [0.29, 0.717) is 11.5 Å². The predicted molar refractivity (Wildman–Crippen MR) is 87.5 cm³/mol. The van der Waals surface area contributed by atoms with E-state index in [4.69, 9.17) is 0 Å². The minimum absolute atomic E-state index is 0.201. The predicted octanol–water partition coefficient (Wildman–Crippen LogP) is 2.38. The van der Waals surface area contributed by atoms with Gasteiger partial charge in [-0.1, -0.05) is 15.9 Å². The van der Waals surface area contributed by atoms with Crippen molar-refractivity contribution in [1.29, 1.82) is 0 Å². The van der Waals surface area contributed by atoms with E-state index in [9.17, 15) is 9.90 Å². The van der Waals surface area contributed by atoms with Crippen molar-refractivity contribution in [1.82, 2.24) is 30.0 Å². The van der Waals surface area contributed by atoms with E-state index >= 15 is 0 Å². The fourth-order valence-corrected chi connectivity index (χ4v) is 2.71. The number of aromatic nitrogens is 6. The highest BCUT2D eigenvalue weighted by Gasteiger charge is 2.29. The molecule has 1 aromatic carbocycles. The molecule has 0 radical (unpaired) electrons. The molecule has 1 aliphatic rings. The van der Waals surface area contributed by atoms with Gasteiger partial charge in [-0.2, -0.15) is 9.90 Å². The molecule has 1 aliphatic carbocycles. The first-order valence-corrected chi connectivity index (χ1v) is 8.25. The summed E-state index contributed by atoms with van der Waals surface area (Å²) in [5.41, 5.74) is 1.68. The van der Waals surface area contributed by atoms with Gasteiger partial charge in [0, 0.05) is 10.0 Å². The zero-order valence-electron chi connectivity index (χ0n) is 12.5. The van der Waals surface area contributed by atoms with Gasteiger partial charge in [0.05, 0.1) is 11.7 Å². The summed E-state index contributed by atoms with van der Waals surface area (Å²) in [4.78, 5) is 12.7. The monoisotopic (exact) mass is 388 g/mol. The number of hydrogen-bond donors (Lipinski definition) is 1. The highest BCUT2D eigenvalue weighted by atomic mass is 79.9. The summed E-state index contributed by atoms with van der Waals surface area (Å²) in [6, 6.07) is 9.39. The highest BCUT2D eigenvalue weighted by molar-refractivity contribution is 9.10. The van der Waals surface area contributed by atoms with E-state index in [1.165, 1.54) is 4.80 Å². The van der Waals surface area contributed by atoms with E-state index in [2.05, 4.69) is 36.4 Å². The zero-order valence-corrected chi connectivity index (χ0v) is 14.1. The number of nitrogens with zero attached hydrogens (tertiary/aromatic N) is 6. The fourth-order valence-electron chi connectivity index (χ4n) is 2.45. The van der Waals surface area contributed by atoms with Crippen LogP contribution >= 0.6 is 15.9 Å². The Labute approximate surface area is 145 Å². The Balaban J connectivity index is 1.57. The maximum atomic E-state index is 11.3. The lowest BCUT2D eigenvalue weighted by molar-refractivity contribution is 0.0683. The quantitative estimate of drug-likeness (QED) is 0.720. The molecule has 3 aromatic rings. The lowest BCUT2D eigenvalue weighted by Gasteiger charge is -1.99. The van der Waals surface area contributed by atoms with Gasteiger partial charge in [0.1, 0.15) is 12.2 Å². The SMILES string of the molecule is O=C(O)c1cc(Cn2nnc(-c3ccc(Br)cc3)n2)nn1C1CC1. The fraction of sp³-hybridized carbons (Fsp3) is 0.267. The Morgan fingerprint density at radius 2 is 2.00 bits per heavy atom. The molecule has 8 nitrogen and oxygen atoms in total. The second kappa shape index (κ2) is 5.82. The molecule has 0 spiro atoms. The normalized spacial score (nSPS) is 14.0. The van der Waals surface area contributed by atoms with Gasteiger partial charge in [0.25, 0.3) is 0 Å². The van der Waals surface area contributed by atoms with Crippen LogP contribution < -0.4 is 0 Å². The minimum Gasteiger partial charge on any atom is -0.477 e. The molecular weight excluding hydrogens is 376 g/mol. The van der Waals surface area contributed by atoms with Crippen LogP contribution in [0.1, 0.15) is 35.1 Å². The smallest absolute Gasteiger partial charge is 0.354 e. The second-order valence-corrected chi connectivity index (χ2v) is 6.57. The van der Waals surface area contributed by atoms with Crippen LogP contribution in [0.5, 0.6) is 0 Å². The number of hydrogen-bond acceptors (Lipinski definition) is 5. The molecule has 122 valence electrons. The summed E-state index contributed by atoms with van der Waals surface area (Å²) < 4.78 is 2.56. The van der Waals surface area contributed by atoms with Crippen LogP contribution in [0, 0.1) is 0 Å². The maximum Gasteiger partial charge on any atom is 0.354 e. The Morgan fingerprint density at radius 1 is 1.25 bits per heavy atom. The molecule has 0 saturated heterocycles. The van der Waals surface area contributed by atoms with Crippen LogP contribution in [0.15, 0.2) is 34.8 Å². The highest BCUT2D eigenvalue weighted by Crippen LogP contribution is 2.35. The van der Waals surface area contributed by atoms with Crippen LogP contribution in [0.2, 0.25) is 0 Å². The van der Waals surface area contributed by atoms with Crippen molar-refractivity contribution in [3.05, 3.63) is 46.2 Å². The molecule has 1 fully saturated rings. The average molecular weight is 389 g/mol. The van der Waals surface area contributed by atoms with Crippen LogP contribution in [0.3, 0.4) is 0 Å². The second-order valence-electron chi connectivity index (χ2n) is 5.65. The number of benzene rings is 1. The number of carboxylic acids is 1. The Morgan fingerprint density at radius 3 is 2.67 bits per heavy atom. The molecule has 0 aliphatic heterocycles. The number of carbonyl (C=O) groups is 1. The molecule has 2 heterocycles. The maximum absolute atomic E-state index is 11.3. The average Bonchev–Trinajstić information content (AvgIpc) is 3.15. The molecule has 1 saturated carbocycles. The van der Waals surface area contributed by atoms with Gasteiger partial charge in [-0.3, -0.25) is 4.68 Å². The third-order valence-corrected chi connectivity index (χ3v) is 4.29. The number of tetrazole rings is 1. The van der Waals surface area contributed by atoms with Crippen molar-refractivity contribution in [3.8, 4) is 11.4 Å². The van der Waals surface area contributed by atoms with E-state index < -0.39 is 5.97 Å². The minimum atomic E-state index is -0.970. The third-order valence-electron chi connectivity index (χ3n) is 3.76. The Bertz CT molecular complexity index is 897. The molecule has 24 heavy (non-hydrogen) atoms. The summed E-state index contributed by atoms with van der Waals surface area (Å²) in [6.07, 6.45) is 1.94. The van der Waals surface area contributed by atoms with Crippen molar-refractivity contribution in [3.63, 3.8) is 0 Å². The van der Waals surface area contributed by atoms with Gasteiger partial charge in [-0.15, -0.1) is 10.2 Å². The van der Waals surface area contributed by atoms with E-state index in [0.717, 1.165) is 22.9 Å². The van der Waals surface area contributed by atoms with Crippen LogP contribution in [0.4, 0.5) is 0 Å². The number of rotatable bonds is 5. The summed E-state index contributed by atoms with van der Waals surface area (Å²) in [5.74, 6) is -0.453. The van der Waals surface area contributed by atoms with Crippen molar-refractivity contribution >= 4 is 21.9 Å². The van der Waals surface area contributed by atoms with Gasteiger partial charge in [0.2, 0.25) is 5.82 Å². The number of carboxylic acid groups (broad SMARTS) is 1. The van der Waals surface area contributed by atoms with E-state index in [1.807, 2.05) is 24.3 Å². The first-order valence-electron chi connectivity index (χ1n) is 7.45. The Kier molecular flexibility index (Phi) is 3.64. The first kappa shape index (κ1) is 15.0. The first-order chi connectivity index (χ1) is 11.6. The largest absolute Gasteiger partial charge is 0.477 e. The topological polar surface area (TPSA) is 98.7 Å². The van der Waals surface area contributed by atoms with Gasteiger partial charge in [-0.25, -0.2) is 4.79 Å². The lowest BCUT2D eigenvalue weighted by atomic mass is 10.2. The standard InChI is InChI=1S/C15H13BrN6O2/c16-10-3-1-9(2-4-10)14-17-20-21(19-14)8-11-7-13(15(23)24)22(18-11)12-5-6-12/h1-4,7,12H,5-6,8H2,(H,23,24). The van der Waals surface area contributed by atoms with Gasteiger partial charge >= 0.3 is 5.97 Å². The van der Waals surface area contributed by atoms with Gasteiger partial charge in [0.15, 0.2) is 0 Å². The van der Waals surface area contributed by atoms with Crippen molar-refractivity contribution < 1.29 is 9.90 Å². The van der Waals surface area contributed by atoms with Gasteiger partial charge in [-0.05, 0) is 48.4 Å². The van der Waals surface area contributed by atoms with Crippen molar-refractivity contribution in [2.75, 3.05) is 0 Å². The van der Waals surface area contributed by atoms with E-state index in [-0.39, 0.29) is 18.3 Å². The molecule has 1 N–H and O–H groups in total. The summed E-state index contributed by atoms with van der Waals surface area (Å²) >= 11 is 3.38. The lowest BCUT2D eigenvalue weighted by Crippen LogP contribution is -2.08. The molecule has 0 unspecified atom stereocenters. The molecule has 0 amide bonds. The third kappa shape index (κ3) is 2.94. The zero-order chi connectivity index (χ0) is 16.7. The molecular formula is C15H13BrN6O2. The van der Waals surface area contributed by atoms with Crippen molar-refractivity contribution in [2.24, 2.45) is 0 Å². The molecule has 2 aromatic heterocycles. The summed E-state index contributed by atoms with van der Waals surface area (Å²) in [7, 11) is 0. The number of halogens is 1. The molecule has 4 rings (SSSR count). The molecule has 0 bridgehead atoms. The summed E-state index contributed by atoms with van der Waals surface area (Å²) in [5, 5.41) is 26.1. The molecule has 9 heteroatoms. The Hall–Kier alpha value is -2.55. The number of aromatic carboxylic acids is 1. The van der Waals surface area contributed by atoms with Crippen LogP contribution in [-0.2, 0) is 6.54 Å². The van der Waals surface area contributed by atoms with E-state index in [1.54, 1.807) is 10.7 Å². The van der Waals surface area contributed by atoms with Crippen LogP contribution in [0.25, 0.3) is 11.4 Å². The van der Waals surface area contributed by atoms with Crippen LogP contribution in [-0.4, -0.2) is 41.1 Å². The molecule has 0 atom stereocenters. The van der Waals surface area contributed by atoms with Gasteiger partial charge < -0.3 is 5.11 Å². The summed E-state index contributed by atoms with van der Waals surface area (Å²) in [6.45, 7) is 0.281. The van der Waals surface area contributed by atoms with Crippen molar-refractivity contribution in [2.45, 2.75) is 25.4 Å².